The van der Waals surface area contributed by atoms with Gasteiger partial charge >= 0.3 is 0 Å². The first-order chi connectivity index (χ1) is 18.2. The van der Waals surface area contributed by atoms with Gasteiger partial charge in [0.05, 0.1) is 19.8 Å². The van der Waals surface area contributed by atoms with E-state index in [2.05, 4.69) is 81.5 Å². The predicted octanol–water partition coefficient (Wildman–Crippen LogP) is 9.92. The molecule has 0 amide bonds. The monoisotopic (exact) mass is 506 g/mol. The molecule has 204 valence electrons. The van der Waals surface area contributed by atoms with Gasteiger partial charge in [-0.3, -0.25) is 0 Å². The van der Waals surface area contributed by atoms with Crippen LogP contribution in [0, 0.1) is 11.8 Å². The van der Waals surface area contributed by atoms with Crippen LogP contribution in [0.1, 0.15) is 103 Å². The zero-order valence-corrected chi connectivity index (χ0v) is 23.6. The first kappa shape index (κ1) is 29.5. The standard InChI is InChI=1S/C34H50O3/c1-4-6-7-8-9-10-13-16-29-26-36-34(37-27-29)32-19-17-30(18-20-32)31-21-23-33(24-22-31)35-25-14-11-12-15-28(3)5-2/h6-7,17-24,28-29,34H,4-5,8-16,25-27H2,1-3H3/b7-6-/t28-,29-,34-/m0/s1. The first-order valence-electron chi connectivity index (χ1n) is 14.9. The summed E-state index contributed by atoms with van der Waals surface area (Å²) in [5.41, 5.74) is 3.49. The minimum absolute atomic E-state index is 0.245. The highest BCUT2D eigenvalue weighted by molar-refractivity contribution is 5.64. The van der Waals surface area contributed by atoms with Crippen LogP contribution in [0.25, 0.3) is 11.1 Å². The lowest BCUT2D eigenvalue weighted by Gasteiger charge is -2.29. The van der Waals surface area contributed by atoms with Gasteiger partial charge in [0.15, 0.2) is 6.29 Å². The molecule has 1 aliphatic rings. The van der Waals surface area contributed by atoms with Crippen LogP contribution in [-0.4, -0.2) is 19.8 Å². The van der Waals surface area contributed by atoms with Gasteiger partial charge in [-0.15, -0.1) is 0 Å². The maximum atomic E-state index is 6.08. The highest BCUT2D eigenvalue weighted by Gasteiger charge is 2.23. The van der Waals surface area contributed by atoms with E-state index in [0.29, 0.717) is 5.92 Å². The lowest BCUT2D eigenvalue weighted by molar-refractivity contribution is -0.206. The molecule has 3 rings (SSSR count). The molecule has 0 unspecified atom stereocenters. The lowest BCUT2D eigenvalue weighted by atomic mass is 10.0. The second-order valence-electron chi connectivity index (χ2n) is 10.7. The SMILES string of the molecule is CC/C=C\CCCCC[C@H]1CO[C@H](c2ccc(-c3ccc(OCCCCC[C@@H](C)CC)cc3)cc2)OC1. The molecule has 1 aliphatic heterocycles. The average molecular weight is 507 g/mol. The number of rotatable bonds is 17. The lowest BCUT2D eigenvalue weighted by Crippen LogP contribution is -2.27. The Morgan fingerprint density at radius 2 is 1.49 bits per heavy atom. The van der Waals surface area contributed by atoms with E-state index in [9.17, 15) is 0 Å². The van der Waals surface area contributed by atoms with Crippen molar-refractivity contribution in [3.05, 3.63) is 66.2 Å². The van der Waals surface area contributed by atoms with Crippen molar-refractivity contribution >= 4 is 0 Å². The van der Waals surface area contributed by atoms with Crippen LogP contribution in [0.4, 0.5) is 0 Å². The van der Waals surface area contributed by atoms with Gasteiger partial charge in [-0.2, -0.15) is 0 Å². The molecule has 0 spiro atoms. The molecular weight excluding hydrogens is 456 g/mol. The van der Waals surface area contributed by atoms with Crippen molar-refractivity contribution < 1.29 is 14.2 Å². The van der Waals surface area contributed by atoms with Gasteiger partial charge in [0.2, 0.25) is 0 Å². The zero-order chi connectivity index (χ0) is 26.1. The van der Waals surface area contributed by atoms with Gasteiger partial charge in [0, 0.05) is 11.5 Å². The Balaban J connectivity index is 1.34. The van der Waals surface area contributed by atoms with Crippen LogP contribution in [0.5, 0.6) is 5.75 Å². The normalized spacial score (nSPS) is 18.8. The van der Waals surface area contributed by atoms with E-state index in [4.69, 9.17) is 14.2 Å². The summed E-state index contributed by atoms with van der Waals surface area (Å²) in [6, 6.07) is 17.0. The third-order valence-electron chi connectivity index (χ3n) is 7.53. The second-order valence-corrected chi connectivity index (χ2v) is 10.7. The smallest absolute Gasteiger partial charge is 0.183 e. The van der Waals surface area contributed by atoms with Crippen LogP contribution in [0.15, 0.2) is 60.7 Å². The van der Waals surface area contributed by atoms with Crippen LogP contribution < -0.4 is 4.74 Å². The largest absolute Gasteiger partial charge is 0.494 e. The summed E-state index contributed by atoms with van der Waals surface area (Å²) < 4.78 is 18.1. The fourth-order valence-corrected chi connectivity index (χ4v) is 4.80. The Kier molecular flexibility index (Phi) is 13.9. The van der Waals surface area contributed by atoms with Crippen LogP contribution in [-0.2, 0) is 9.47 Å². The van der Waals surface area contributed by atoms with Crippen molar-refractivity contribution in [2.45, 2.75) is 97.7 Å². The van der Waals surface area contributed by atoms with Crippen LogP contribution in [0.2, 0.25) is 0 Å². The Morgan fingerprint density at radius 1 is 0.811 bits per heavy atom. The molecule has 0 radical (unpaired) electrons. The zero-order valence-electron chi connectivity index (χ0n) is 23.6. The fourth-order valence-electron chi connectivity index (χ4n) is 4.80. The Bertz CT molecular complexity index is 863. The predicted molar refractivity (Wildman–Crippen MR) is 156 cm³/mol. The molecule has 37 heavy (non-hydrogen) atoms. The van der Waals surface area contributed by atoms with Crippen molar-refractivity contribution in [3.63, 3.8) is 0 Å². The molecule has 0 aliphatic carbocycles. The average Bonchev–Trinajstić information content (AvgIpc) is 2.95. The number of benzene rings is 2. The maximum absolute atomic E-state index is 6.08. The molecule has 1 saturated heterocycles. The fraction of sp³-hybridized carbons (Fsp3) is 0.588. The highest BCUT2D eigenvalue weighted by Crippen LogP contribution is 2.30. The van der Waals surface area contributed by atoms with Gasteiger partial charge < -0.3 is 14.2 Å². The van der Waals surface area contributed by atoms with Crippen molar-refractivity contribution in [3.8, 4) is 16.9 Å². The highest BCUT2D eigenvalue weighted by atomic mass is 16.7. The minimum Gasteiger partial charge on any atom is -0.494 e. The molecule has 1 heterocycles. The summed E-state index contributed by atoms with van der Waals surface area (Å²) in [5, 5.41) is 0. The van der Waals surface area contributed by atoms with Crippen molar-refractivity contribution in [1.82, 2.24) is 0 Å². The summed E-state index contributed by atoms with van der Waals surface area (Å²) in [5.74, 6) is 2.32. The van der Waals surface area contributed by atoms with Crippen LogP contribution in [0.3, 0.4) is 0 Å². The Morgan fingerprint density at radius 3 is 2.16 bits per heavy atom. The van der Waals surface area contributed by atoms with E-state index in [1.54, 1.807) is 0 Å². The molecule has 3 heteroatoms. The van der Waals surface area contributed by atoms with Crippen molar-refractivity contribution in [2.75, 3.05) is 19.8 Å². The van der Waals surface area contributed by atoms with Crippen molar-refractivity contribution in [1.29, 1.82) is 0 Å². The number of hydrogen-bond acceptors (Lipinski definition) is 3. The van der Waals surface area contributed by atoms with E-state index in [1.165, 1.54) is 68.9 Å². The third-order valence-corrected chi connectivity index (χ3v) is 7.53. The van der Waals surface area contributed by atoms with E-state index in [0.717, 1.165) is 49.9 Å². The minimum atomic E-state index is -0.245. The molecule has 3 nitrogen and oxygen atoms in total. The number of hydrogen-bond donors (Lipinski definition) is 0. The maximum Gasteiger partial charge on any atom is 0.183 e. The molecular formula is C34H50O3. The quantitative estimate of drug-likeness (QED) is 0.158. The van der Waals surface area contributed by atoms with Gasteiger partial charge in [0.25, 0.3) is 0 Å². The molecule has 2 aromatic rings. The first-order valence-corrected chi connectivity index (χ1v) is 14.9. The molecule has 0 saturated carbocycles. The van der Waals surface area contributed by atoms with Gasteiger partial charge in [-0.25, -0.2) is 0 Å². The summed E-state index contributed by atoms with van der Waals surface area (Å²) in [7, 11) is 0. The summed E-state index contributed by atoms with van der Waals surface area (Å²) in [6.07, 6.45) is 18.0. The molecule has 0 N–H and O–H groups in total. The molecule has 2 aromatic carbocycles. The topological polar surface area (TPSA) is 27.7 Å². The summed E-state index contributed by atoms with van der Waals surface area (Å²) >= 11 is 0. The second kappa shape index (κ2) is 17.4. The van der Waals surface area contributed by atoms with Gasteiger partial charge in [0.1, 0.15) is 5.75 Å². The van der Waals surface area contributed by atoms with E-state index in [-0.39, 0.29) is 6.29 Å². The molecule has 0 bridgehead atoms. The van der Waals surface area contributed by atoms with E-state index in [1.807, 2.05) is 0 Å². The van der Waals surface area contributed by atoms with Gasteiger partial charge in [-0.05, 0) is 61.3 Å². The van der Waals surface area contributed by atoms with E-state index >= 15 is 0 Å². The third kappa shape index (κ3) is 11.0. The van der Waals surface area contributed by atoms with Gasteiger partial charge in [-0.1, -0.05) is 108 Å². The van der Waals surface area contributed by atoms with Crippen molar-refractivity contribution in [2.24, 2.45) is 11.8 Å². The molecule has 1 atom stereocenters. The summed E-state index contributed by atoms with van der Waals surface area (Å²) in [6.45, 7) is 9.19. The molecule has 0 aromatic heterocycles. The van der Waals surface area contributed by atoms with Crippen LogP contribution >= 0.6 is 0 Å². The number of ether oxygens (including phenoxy) is 3. The van der Waals surface area contributed by atoms with E-state index < -0.39 is 0 Å². The number of unbranched alkanes of at least 4 members (excludes halogenated alkanes) is 5. The Hall–Kier alpha value is -2.10. The molecule has 1 fully saturated rings. The Labute approximate surface area is 226 Å². The summed E-state index contributed by atoms with van der Waals surface area (Å²) in [4.78, 5) is 0. The number of allylic oxidation sites excluding steroid dienone is 2.